The van der Waals surface area contributed by atoms with Gasteiger partial charge in [-0.2, -0.15) is 0 Å². The van der Waals surface area contributed by atoms with Gasteiger partial charge in [-0.1, -0.05) is 207 Å². The number of allylic oxidation sites excluding steroid dienone is 18. The third-order valence-corrected chi connectivity index (χ3v) is 10.8. The van der Waals surface area contributed by atoms with Crippen molar-refractivity contribution < 1.29 is 28.6 Å². The summed E-state index contributed by atoms with van der Waals surface area (Å²) >= 11 is 0. The Morgan fingerprint density at radius 2 is 0.631 bits per heavy atom. The van der Waals surface area contributed by atoms with E-state index in [4.69, 9.17) is 14.2 Å². The quantitative estimate of drug-likeness (QED) is 0.0262. The van der Waals surface area contributed by atoms with Crippen LogP contribution in [0.25, 0.3) is 0 Å². The second kappa shape index (κ2) is 52.7. The maximum atomic E-state index is 12.8. The van der Waals surface area contributed by atoms with E-state index in [1.54, 1.807) is 0 Å². The Morgan fingerprint density at radius 3 is 1.03 bits per heavy atom. The summed E-state index contributed by atoms with van der Waals surface area (Å²) in [4.78, 5) is 38.0. The summed E-state index contributed by atoms with van der Waals surface area (Å²) in [6, 6.07) is 0. The first kappa shape index (κ1) is 61.1. The standard InChI is InChI=1S/C59H96O6/c1-4-7-10-13-16-19-22-25-27-28-29-30-32-34-37-40-43-46-49-52-58(61)64-55-56(54-63-57(60)51-48-45-42-39-36-33-24-21-18-15-12-9-6-3)65-59(62)53-50-47-44-41-38-35-31-26-23-20-17-14-11-8-5-2/h8-9,11-12,16-21,25-27,31,33,36,42,45,56H,4-7,10,13-15,22-24,28-30,32,34-35,37-41,43-44,46-55H2,1-3H3/b11-8-,12-9-,19-16-,20-17-,21-18-,27-25-,31-26-,36-33-,45-42-. The third-order valence-electron chi connectivity index (χ3n) is 10.8. The first-order chi connectivity index (χ1) is 32.0. The molecule has 0 aliphatic carbocycles. The number of esters is 3. The molecule has 0 saturated heterocycles. The van der Waals surface area contributed by atoms with Gasteiger partial charge in [-0.25, -0.2) is 0 Å². The fraction of sp³-hybridized carbons (Fsp3) is 0.644. The number of unbranched alkanes of at least 4 members (excludes halogenated alkanes) is 17. The number of ether oxygens (including phenoxy) is 3. The predicted molar refractivity (Wildman–Crippen MR) is 279 cm³/mol. The smallest absolute Gasteiger partial charge is 0.306 e. The van der Waals surface area contributed by atoms with Gasteiger partial charge < -0.3 is 14.2 Å². The molecule has 0 saturated carbocycles. The Kier molecular flexibility index (Phi) is 49.5. The van der Waals surface area contributed by atoms with Gasteiger partial charge in [0.15, 0.2) is 6.10 Å². The van der Waals surface area contributed by atoms with Crippen molar-refractivity contribution in [3.63, 3.8) is 0 Å². The van der Waals surface area contributed by atoms with Crippen LogP contribution in [0.15, 0.2) is 109 Å². The third kappa shape index (κ3) is 50.9. The fourth-order valence-electron chi connectivity index (χ4n) is 6.85. The lowest BCUT2D eigenvalue weighted by atomic mass is 10.1. The molecule has 0 N–H and O–H groups in total. The van der Waals surface area contributed by atoms with E-state index in [-0.39, 0.29) is 37.5 Å². The van der Waals surface area contributed by atoms with Gasteiger partial charge in [-0.05, 0) is 109 Å². The van der Waals surface area contributed by atoms with E-state index in [2.05, 4.69) is 118 Å². The topological polar surface area (TPSA) is 78.9 Å². The van der Waals surface area contributed by atoms with Crippen molar-refractivity contribution in [2.45, 2.75) is 232 Å². The van der Waals surface area contributed by atoms with Gasteiger partial charge in [0.05, 0.1) is 0 Å². The number of carbonyl (C=O) groups excluding carboxylic acids is 3. The van der Waals surface area contributed by atoms with Crippen LogP contribution in [0.3, 0.4) is 0 Å². The zero-order chi connectivity index (χ0) is 47.2. The zero-order valence-electron chi connectivity index (χ0n) is 42.0. The van der Waals surface area contributed by atoms with Crippen LogP contribution in [0.1, 0.15) is 226 Å². The van der Waals surface area contributed by atoms with Crippen molar-refractivity contribution in [3.8, 4) is 0 Å². The first-order valence-corrected chi connectivity index (χ1v) is 26.4. The molecule has 0 aliphatic rings. The summed E-state index contributed by atoms with van der Waals surface area (Å²) in [5, 5.41) is 0. The maximum Gasteiger partial charge on any atom is 0.306 e. The second-order valence-electron chi connectivity index (χ2n) is 17.0. The van der Waals surface area contributed by atoms with E-state index in [0.29, 0.717) is 19.3 Å². The monoisotopic (exact) mass is 901 g/mol. The second-order valence-corrected chi connectivity index (χ2v) is 17.0. The highest BCUT2D eigenvalue weighted by Gasteiger charge is 2.19. The summed E-state index contributed by atoms with van der Waals surface area (Å²) in [6.45, 7) is 6.29. The highest BCUT2D eigenvalue weighted by Crippen LogP contribution is 2.14. The Hall–Kier alpha value is -3.93. The van der Waals surface area contributed by atoms with Crippen molar-refractivity contribution in [1.82, 2.24) is 0 Å². The number of hydrogen-bond acceptors (Lipinski definition) is 6. The summed E-state index contributed by atoms with van der Waals surface area (Å²) in [5.41, 5.74) is 0. The molecule has 0 bridgehead atoms. The van der Waals surface area contributed by atoms with E-state index in [9.17, 15) is 14.4 Å². The predicted octanol–water partition coefficient (Wildman–Crippen LogP) is 17.5. The molecule has 0 heterocycles. The van der Waals surface area contributed by atoms with E-state index in [1.165, 1.54) is 70.6 Å². The van der Waals surface area contributed by atoms with Crippen molar-refractivity contribution >= 4 is 17.9 Å². The number of carbonyl (C=O) groups is 3. The van der Waals surface area contributed by atoms with Crippen LogP contribution in [0.4, 0.5) is 0 Å². The molecule has 0 aromatic heterocycles. The van der Waals surface area contributed by atoms with E-state index >= 15 is 0 Å². The molecule has 0 spiro atoms. The molecule has 6 nitrogen and oxygen atoms in total. The zero-order valence-corrected chi connectivity index (χ0v) is 42.0. The molecule has 0 aromatic carbocycles. The minimum atomic E-state index is -0.819. The maximum absolute atomic E-state index is 12.8. The minimum Gasteiger partial charge on any atom is -0.462 e. The Balaban J connectivity index is 4.47. The number of hydrogen-bond donors (Lipinski definition) is 0. The minimum absolute atomic E-state index is 0.111. The average molecular weight is 901 g/mol. The molecular formula is C59H96O6. The molecule has 1 atom stereocenters. The van der Waals surface area contributed by atoms with Crippen molar-refractivity contribution in [1.29, 1.82) is 0 Å². The highest BCUT2D eigenvalue weighted by atomic mass is 16.6. The van der Waals surface area contributed by atoms with E-state index in [0.717, 1.165) is 109 Å². The van der Waals surface area contributed by atoms with E-state index < -0.39 is 6.10 Å². The van der Waals surface area contributed by atoms with Gasteiger partial charge in [0.1, 0.15) is 13.2 Å². The lowest BCUT2D eigenvalue weighted by Crippen LogP contribution is -2.30. The summed E-state index contributed by atoms with van der Waals surface area (Å²) in [5.74, 6) is -1.02. The fourth-order valence-corrected chi connectivity index (χ4v) is 6.85. The summed E-state index contributed by atoms with van der Waals surface area (Å²) in [6.07, 6.45) is 70.9. The van der Waals surface area contributed by atoms with Crippen molar-refractivity contribution in [2.24, 2.45) is 0 Å². The molecule has 0 rings (SSSR count). The largest absolute Gasteiger partial charge is 0.462 e. The summed E-state index contributed by atoms with van der Waals surface area (Å²) in [7, 11) is 0. The molecule has 1 unspecified atom stereocenters. The van der Waals surface area contributed by atoms with Crippen LogP contribution in [-0.2, 0) is 28.6 Å². The Morgan fingerprint density at radius 1 is 0.323 bits per heavy atom. The normalized spacial score (nSPS) is 13.0. The lowest BCUT2D eigenvalue weighted by molar-refractivity contribution is -0.166. The molecule has 0 fully saturated rings. The van der Waals surface area contributed by atoms with Crippen LogP contribution in [0, 0.1) is 0 Å². The summed E-state index contributed by atoms with van der Waals surface area (Å²) < 4.78 is 16.7. The van der Waals surface area contributed by atoms with Gasteiger partial charge in [0.2, 0.25) is 0 Å². The Labute approximate surface area is 400 Å². The highest BCUT2D eigenvalue weighted by molar-refractivity contribution is 5.71. The molecule has 0 radical (unpaired) electrons. The van der Waals surface area contributed by atoms with Crippen LogP contribution >= 0.6 is 0 Å². The molecule has 6 heteroatoms. The van der Waals surface area contributed by atoms with Crippen molar-refractivity contribution in [3.05, 3.63) is 109 Å². The number of rotatable bonds is 46. The SMILES string of the molecule is CC/C=C\C/C=C\C/C=C\C/C=C\CCC(=O)OCC(COC(=O)CCCCCCCCCCC/C=C\C/C=C\CCCCC)OC(=O)CCCCCCC/C=C\C/C=C\C/C=C\CC. The van der Waals surface area contributed by atoms with Gasteiger partial charge >= 0.3 is 17.9 Å². The molecule has 368 valence electrons. The Bertz CT molecular complexity index is 1360. The molecule has 0 aliphatic heterocycles. The van der Waals surface area contributed by atoms with Gasteiger partial charge in [0.25, 0.3) is 0 Å². The lowest BCUT2D eigenvalue weighted by Gasteiger charge is -2.18. The molecular weight excluding hydrogens is 805 g/mol. The van der Waals surface area contributed by atoms with E-state index in [1.807, 2.05) is 12.2 Å². The molecule has 65 heavy (non-hydrogen) atoms. The molecule has 0 aromatic rings. The van der Waals surface area contributed by atoms with Crippen LogP contribution < -0.4 is 0 Å². The van der Waals surface area contributed by atoms with Crippen LogP contribution in [-0.4, -0.2) is 37.2 Å². The van der Waals surface area contributed by atoms with Gasteiger partial charge in [-0.15, -0.1) is 0 Å². The van der Waals surface area contributed by atoms with Crippen LogP contribution in [0.2, 0.25) is 0 Å². The van der Waals surface area contributed by atoms with Crippen LogP contribution in [0.5, 0.6) is 0 Å². The van der Waals surface area contributed by atoms with Gasteiger partial charge in [-0.3, -0.25) is 14.4 Å². The van der Waals surface area contributed by atoms with Crippen molar-refractivity contribution in [2.75, 3.05) is 13.2 Å². The van der Waals surface area contributed by atoms with Gasteiger partial charge in [0, 0.05) is 19.3 Å². The first-order valence-electron chi connectivity index (χ1n) is 26.4. The molecule has 0 amide bonds. The average Bonchev–Trinajstić information content (AvgIpc) is 3.30.